The molecule has 0 amide bonds. The van der Waals surface area contributed by atoms with E-state index in [1.807, 2.05) is 6.92 Å². The van der Waals surface area contributed by atoms with Gasteiger partial charge >= 0.3 is 5.97 Å². The second kappa shape index (κ2) is 6.86. The van der Waals surface area contributed by atoms with Crippen LogP contribution in [0.1, 0.15) is 41.0 Å². The number of carboxylic acids is 1. The molecule has 0 aliphatic rings. The van der Waals surface area contributed by atoms with Gasteiger partial charge in [-0.25, -0.2) is 0 Å². The molecular formula is C12H26N2O2. The number of nitrogens with zero attached hydrogens (tertiary/aromatic N) is 1. The normalized spacial score (nSPS) is 17.1. The minimum Gasteiger partial charge on any atom is -0.480 e. The Bertz CT molecular complexity index is 217. The van der Waals surface area contributed by atoms with Gasteiger partial charge in [-0.1, -0.05) is 20.8 Å². The highest BCUT2D eigenvalue weighted by molar-refractivity contribution is 5.78. The van der Waals surface area contributed by atoms with Gasteiger partial charge in [0.1, 0.15) is 5.54 Å². The van der Waals surface area contributed by atoms with Crippen LogP contribution in [0.25, 0.3) is 0 Å². The summed E-state index contributed by atoms with van der Waals surface area (Å²) in [5.41, 5.74) is -0.823. The maximum Gasteiger partial charge on any atom is 0.323 e. The van der Waals surface area contributed by atoms with Gasteiger partial charge in [-0.05, 0) is 39.9 Å². The fourth-order valence-electron chi connectivity index (χ4n) is 2.19. The Kier molecular flexibility index (Phi) is 6.60. The summed E-state index contributed by atoms with van der Waals surface area (Å²) in [6.45, 7) is 12.6. The van der Waals surface area contributed by atoms with Gasteiger partial charge in [0.05, 0.1) is 0 Å². The van der Waals surface area contributed by atoms with Gasteiger partial charge < -0.3 is 15.3 Å². The number of hydrogen-bond donors (Lipinski definition) is 2. The maximum atomic E-state index is 11.3. The molecule has 0 aliphatic heterocycles. The van der Waals surface area contributed by atoms with Crippen LogP contribution in [-0.2, 0) is 4.79 Å². The van der Waals surface area contributed by atoms with Crippen LogP contribution in [0.15, 0.2) is 0 Å². The van der Waals surface area contributed by atoms with E-state index >= 15 is 0 Å². The van der Waals surface area contributed by atoms with Gasteiger partial charge in [0.2, 0.25) is 0 Å². The van der Waals surface area contributed by atoms with E-state index in [0.717, 1.165) is 13.1 Å². The summed E-state index contributed by atoms with van der Waals surface area (Å²) in [5, 5.41) is 12.3. The van der Waals surface area contributed by atoms with Gasteiger partial charge in [-0.3, -0.25) is 4.79 Å². The first-order valence-corrected chi connectivity index (χ1v) is 6.13. The fraction of sp³-hybridized carbons (Fsp3) is 0.917. The second-order valence-electron chi connectivity index (χ2n) is 4.44. The molecule has 2 atom stereocenters. The van der Waals surface area contributed by atoms with Gasteiger partial charge in [-0.2, -0.15) is 0 Å². The van der Waals surface area contributed by atoms with Crippen molar-refractivity contribution in [2.75, 3.05) is 19.6 Å². The first-order valence-electron chi connectivity index (χ1n) is 6.13. The highest BCUT2D eigenvalue weighted by atomic mass is 16.4. The number of carboxylic acid groups (broad SMARTS) is 1. The lowest BCUT2D eigenvalue weighted by Gasteiger charge is -2.34. The molecule has 4 nitrogen and oxygen atoms in total. The van der Waals surface area contributed by atoms with Gasteiger partial charge in [-0.15, -0.1) is 0 Å². The standard InChI is InChI=1S/C12H26N2O2/c1-6-13-12(5,11(15)16)9-10(4)14(7-2)8-3/h10,13H,6-9H2,1-5H3,(H,15,16). The molecule has 0 aromatic carbocycles. The second-order valence-corrected chi connectivity index (χ2v) is 4.44. The molecule has 0 fully saturated rings. The summed E-state index contributed by atoms with van der Waals surface area (Å²) in [5.74, 6) is -0.770. The third-order valence-electron chi connectivity index (χ3n) is 3.18. The molecule has 0 saturated heterocycles. The van der Waals surface area contributed by atoms with E-state index in [1.165, 1.54) is 0 Å². The molecule has 96 valence electrons. The molecule has 16 heavy (non-hydrogen) atoms. The number of carbonyl (C=O) groups is 1. The van der Waals surface area contributed by atoms with E-state index < -0.39 is 11.5 Å². The highest BCUT2D eigenvalue weighted by Crippen LogP contribution is 2.16. The Hall–Kier alpha value is -0.610. The lowest BCUT2D eigenvalue weighted by molar-refractivity contribution is -0.145. The van der Waals surface area contributed by atoms with E-state index in [1.54, 1.807) is 6.92 Å². The van der Waals surface area contributed by atoms with Crippen molar-refractivity contribution in [3.63, 3.8) is 0 Å². The SMILES string of the molecule is CCNC(C)(CC(C)N(CC)CC)C(=O)O. The number of likely N-dealkylation sites (N-methyl/N-ethyl adjacent to an activating group) is 1. The average molecular weight is 230 g/mol. The van der Waals surface area contributed by atoms with Crippen LogP contribution in [0, 0.1) is 0 Å². The summed E-state index contributed by atoms with van der Waals surface area (Å²) in [6.07, 6.45) is 0.623. The van der Waals surface area contributed by atoms with Crippen molar-refractivity contribution in [3.8, 4) is 0 Å². The molecule has 0 aromatic rings. The van der Waals surface area contributed by atoms with Crippen LogP contribution in [-0.4, -0.2) is 47.2 Å². The third kappa shape index (κ3) is 4.10. The summed E-state index contributed by atoms with van der Waals surface area (Å²) in [7, 11) is 0. The zero-order chi connectivity index (χ0) is 12.8. The Morgan fingerprint density at radius 1 is 1.38 bits per heavy atom. The smallest absolute Gasteiger partial charge is 0.323 e. The van der Waals surface area contributed by atoms with Crippen molar-refractivity contribution in [1.82, 2.24) is 10.2 Å². The van der Waals surface area contributed by atoms with Crippen LogP contribution in [0.4, 0.5) is 0 Å². The van der Waals surface area contributed by atoms with E-state index in [2.05, 4.69) is 31.0 Å². The number of rotatable bonds is 8. The topological polar surface area (TPSA) is 52.6 Å². The van der Waals surface area contributed by atoms with Crippen LogP contribution in [0.2, 0.25) is 0 Å². The van der Waals surface area contributed by atoms with Crippen LogP contribution < -0.4 is 5.32 Å². The Morgan fingerprint density at radius 2 is 1.88 bits per heavy atom. The Morgan fingerprint density at radius 3 is 2.19 bits per heavy atom. The predicted molar refractivity (Wildman–Crippen MR) is 66.7 cm³/mol. The monoisotopic (exact) mass is 230 g/mol. The van der Waals surface area contributed by atoms with Crippen molar-refractivity contribution < 1.29 is 9.90 Å². The van der Waals surface area contributed by atoms with Crippen LogP contribution in [0.3, 0.4) is 0 Å². The molecule has 0 radical (unpaired) electrons. The lowest BCUT2D eigenvalue weighted by atomic mass is 9.93. The minimum atomic E-state index is -0.823. The van der Waals surface area contributed by atoms with Gasteiger partial charge in [0, 0.05) is 6.04 Å². The summed E-state index contributed by atoms with van der Waals surface area (Å²) >= 11 is 0. The van der Waals surface area contributed by atoms with Crippen LogP contribution in [0.5, 0.6) is 0 Å². The molecule has 0 saturated carbocycles. The van der Waals surface area contributed by atoms with Crippen molar-refractivity contribution >= 4 is 5.97 Å². The molecule has 0 spiro atoms. The van der Waals surface area contributed by atoms with Gasteiger partial charge in [0.25, 0.3) is 0 Å². The first kappa shape index (κ1) is 15.4. The zero-order valence-corrected chi connectivity index (χ0v) is 11.2. The molecule has 0 heterocycles. The molecule has 0 aromatic heterocycles. The molecular weight excluding hydrogens is 204 g/mol. The Labute approximate surface area is 99.0 Å². The van der Waals surface area contributed by atoms with Gasteiger partial charge in [0.15, 0.2) is 0 Å². The van der Waals surface area contributed by atoms with E-state index in [0.29, 0.717) is 13.0 Å². The summed E-state index contributed by atoms with van der Waals surface area (Å²) in [6, 6.07) is 0.273. The van der Waals surface area contributed by atoms with E-state index in [4.69, 9.17) is 0 Å². The van der Waals surface area contributed by atoms with Crippen molar-refractivity contribution in [2.45, 2.75) is 52.6 Å². The van der Waals surface area contributed by atoms with Crippen molar-refractivity contribution in [3.05, 3.63) is 0 Å². The largest absolute Gasteiger partial charge is 0.480 e. The molecule has 0 bridgehead atoms. The number of aliphatic carboxylic acids is 1. The van der Waals surface area contributed by atoms with E-state index in [9.17, 15) is 9.90 Å². The van der Waals surface area contributed by atoms with Crippen molar-refractivity contribution in [1.29, 1.82) is 0 Å². The van der Waals surface area contributed by atoms with Crippen LogP contribution >= 0.6 is 0 Å². The predicted octanol–water partition coefficient (Wildman–Crippen LogP) is 1.56. The molecule has 2 unspecified atom stereocenters. The third-order valence-corrected chi connectivity index (χ3v) is 3.18. The first-order chi connectivity index (χ1) is 7.41. The summed E-state index contributed by atoms with van der Waals surface area (Å²) in [4.78, 5) is 13.5. The molecule has 0 aliphatic carbocycles. The molecule has 0 rings (SSSR count). The highest BCUT2D eigenvalue weighted by Gasteiger charge is 2.34. The van der Waals surface area contributed by atoms with Crippen molar-refractivity contribution in [2.24, 2.45) is 0 Å². The molecule has 4 heteroatoms. The fourth-order valence-corrected chi connectivity index (χ4v) is 2.19. The zero-order valence-electron chi connectivity index (χ0n) is 11.2. The Balaban J connectivity index is 4.56. The lowest BCUT2D eigenvalue weighted by Crippen LogP contribution is -2.53. The molecule has 2 N–H and O–H groups in total. The minimum absolute atomic E-state index is 0.273. The number of hydrogen-bond acceptors (Lipinski definition) is 3. The number of nitrogens with one attached hydrogen (secondary N) is 1. The maximum absolute atomic E-state index is 11.3. The average Bonchev–Trinajstić information content (AvgIpc) is 2.19. The van der Waals surface area contributed by atoms with E-state index in [-0.39, 0.29) is 6.04 Å². The quantitative estimate of drug-likeness (QED) is 0.664. The summed E-state index contributed by atoms with van der Waals surface area (Å²) < 4.78 is 0.